The molecule has 6 rings (SSSR count). The summed E-state index contributed by atoms with van der Waals surface area (Å²) < 4.78 is 13.9. The third kappa shape index (κ3) is 4.83. The van der Waals surface area contributed by atoms with Gasteiger partial charge in [0.1, 0.15) is 18.3 Å². The van der Waals surface area contributed by atoms with Gasteiger partial charge in [-0.05, 0) is 41.8 Å². The first-order chi connectivity index (χ1) is 18.2. The van der Waals surface area contributed by atoms with Gasteiger partial charge in [-0.2, -0.15) is 0 Å². The van der Waals surface area contributed by atoms with Crippen LogP contribution in [0.1, 0.15) is 46.0 Å². The molecular weight excluding hydrogens is 486 g/mol. The van der Waals surface area contributed by atoms with Gasteiger partial charge >= 0.3 is 0 Å². The summed E-state index contributed by atoms with van der Waals surface area (Å²) in [7, 11) is 0. The minimum Gasteiger partial charge on any atom is -0.423 e. The van der Waals surface area contributed by atoms with Crippen molar-refractivity contribution in [2.45, 2.75) is 32.5 Å². The molecule has 0 N–H and O–H groups in total. The third-order valence-corrected chi connectivity index (χ3v) is 6.63. The second kappa shape index (κ2) is 10.1. The summed E-state index contributed by atoms with van der Waals surface area (Å²) >= 11 is 6.19. The van der Waals surface area contributed by atoms with E-state index >= 15 is 0 Å². The summed E-state index contributed by atoms with van der Waals surface area (Å²) in [4.78, 5) is 0. The summed E-state index contributed by atoms with van der Waals surface area (Å²) in [5.41, 5.74) is 5.38. The lowest BCUT2D eigenvalue weighted by atomic mass is 9.93. The van der Waals surface area contributed by atoms with E-state index in [1.54, 1.807) is 0 Å². The molecule has 1 aliphatic heterocycles. The highest BCUT2D eigenvalue weighted by molar-refractivity contribution is 6.30. The Morgan fingerprint density at radius 3 is 2.43 bits per heavy atom. The van der Waals surface area contributed by atoms with Crippen LogP contribution in [0.3, 0.4) is 0 Å². The molecule has 1 aliphatic rings. The van der Waals surface area contributed by atoms with Crippen LogP contribution in [0.25, 0.3) is 11.3 Å². The van der Waals surface area contributed by atoms with E-state index in [2.05, 4.69) is 43.2 Å². The number of fused-ring (bicyclic) bond motifs is 3. The lowest BCUT2D eigenvalue weighted by Gasteiger charge is -2.13. The van der Waals surface area contributed by atoms with Crippen molar-refractivity contribution < 1.29 is 9.15 Å². The molecule has 7 nitrogen and oxygen atoms in total. The molecule has 0 unspecified atom stereocenters. The number of rotatable bonds is 7. The number of aromatic nitrogens is 5. The topological polar surface area (TPSA) is 78.9 Å². The Hall–Kier alpha value is -4.07. The van der Waals surface area contributed by atoms with Crippen molar-refractivity contribution >= 4 is 17.2 Å². The Bertz CT molecular complexity index is 1560. The molecule has 0 spiro atoms. The summed E-state index contributed by atoms with van der Waals surface area (Å²) in [6.07, 6.45) is 2.69. The van der Waals surface area contributed by atoms with Crippen LogP contribution in [0.15, 0.2) is 89.4 Å². The molecule has 2 aromatic heterocycles. The molecule has 0 fully saturated rings. The van der Waals surface area contributed by atoms with Crippen molar-refractivity contribution in [1.29, 1.82) is 0 Å². The number of halogens is 1. The highest BCUT2D eigenvalue weighted by Crippen LogP contribution is 2.38. The maximum absolute atomic E-state index is 6.19. The first kappa shape index (κ1) is 23.3. The third-order valence-electron chi connectivity index (χ3n) is 6.38. The number of para-hydroxylation sites is 1. The van der Waals surface area contributed by atoms with Crippen LogP contribution < -0.4 is 0 Å². The van der Waals surface area contributed by atoms with Crippen molar-refractivity contribution in [3.63, 3.8) is 0 Å². The van der Waals surface area contributed by atoms with E-state index in [0.717, 1.165) is 39.6 Å². The van der Waals surface area contributed by atoms with Crippen LogP contribution in [0.5, 0.6) is 0 Å². The van der Waals surface area contributed by atoms with Crippen LogP contribution >= 0.6 is 11.6 Å². The molecule has 0 radical (unpaired) electrons. The standard InChI is InChI=1S/C29H24ClN5O2/c1-19-31-34-29-22(16-27-32-33-28(37-27)18-36-17-20-7-3-2-4-8-20)15-25(21-11-13-23(30)14-12-21)24-9-5-6-10-26(24)35(19)29/h2-15,22H,16-18H2,1H3/t22-/m0/s1. The van der Waals surface area contributed by atoms with Crippen molar-refractivity contribution in [3.05, 3.63) is 130 Å². The van der Waals surface area contributed by atoms with Crippen LogP contribution in [0.2, 0.25) is 5.02 Å². The number of aryl methyl sites for hydroxylation is 1. The average molecular weight is 510 g/mol. The molecule has 0 bridgehead atoms. The molecule has 1 atom stereocenters. The fourth-order valence-electron chi connectivity index (χ4n) is 4.66. The van der Waals surface area contributed by atoms with E-state index in [-0.39, 0.29) is 12.5 Å². The van der Waals surface area contributed by atoms with E-state index in [1.807, 2.05) is 73.7 Å². The van der Waals surface area contributed by atoms with Gasteiger partial charge in [0.2, 0.25) is 11.8 Å². The Morgan fingerprint density at radius 1 is 0.838 bits per heavy atom. The molecule has 184 valence electrons. The van der Waals surface area contributed by atoms with Crippen molar-refractivity contribution in [3.8, 4) is 5.69 Å². The van der Waals surface area contributed by atoms with E-state index in [1.165, 1.54) is 0 Å². The van der Waals surface area contributed by atoms with Gasteiger partial charge in [-0.1, -0.05) is 78.3 Å². The number of nitrogens with zero attached hydrogens (tertiary/aromatic N) is 5. The second-order valence-electron chi connectivity index (χ2n) is 8.92. The monoisotopic (exact) mass is 509 g/mol. The van der Waals surface area contributed by atoms with E-state index < -0.39 is 0 Å². The maximum atomic E-state index is 6.19. The van der Waals surface area contributed by atoms with E-state index in [9.17, 15) is 0 Å². The van der Waals surface area contributed by atoms with Crippen molar-refractivity contribution in [1.82, 2.24) is 25.0 Å². The number of hydrogen-bond donors (Lipinski definition) is 0. The quantitative estimate of drug-likeness (QED) is 0.264. The zero-order valence-corrected chi connectivity index (χ0v) is 21.0. The summed E-state index contributed by atoms with van der Waals surface area (Å²) in [5.74, 6) is 2.47. The molecule has 37 heavy (non-hydrogen) atoms. The summed E-state index contributed by atoms with van der Waals surface area (Å²) in [5, 5.41) is 18.2. The highest BCUT2D eigenvalue weighted by atomic mass is 35.5. The Kier molecular flexibility index (Phi) is 6.39. The molecular formula is C29H24ClN5O2. The van der Waals surface area contributed by atoms with Crippen LogP contribution in [0, 0.1) is 6.92 Å². The van der Waals surface area contributed by atoms with E-state index in [0.29, 0.717) is 29.8 Å². The van der Waals surface area contributed by atoms with Gasteiger partial charge in [-0.25, -0.2) is 0 Å². The van der Waals surface area contributed by atoms with Gasteiger partial charge in [0.05, 0.1) is 12.3 Å². The molecule has 3 aromatic carbocycles. The number of hydrogen-bond acceptors (Lipinski definition) is 6. The van der Waals surface area contributed by atoms with Crippen molar-refractivity contribution in [2.24, 2.45) is 0 Å². The molecule has 0 amide bonds. The fourth-order valence-corrected chi connectivity index (χ4v) is 4.78. The molecule has 0 saturated carbocycles. The minimum absolute atomic E-state index is 0.141. The minimum atomic E-state index is -0.141. The number of benzene rings is 3. The maximum Gasteiger partial charge on any atom is 0.242 e. The largest absolute Gasteiger partial charge is 0.423 e. The van der Waals surface area contributed by atoms with Crippen LogP contribution in [-0.2, 0) is 24.4 Å². The zero-order valence-electron chi connectivity index (χ0n) is 20.2. The molecule has 5 aromatic rings. The van der Waals surface area contributed by atoms with Gasteiger partial charge in [-0.15, -0.1) is 20.4 Å². The first-order valence-electron chi connectivity index (χ1n) is 12.1. The van der Waals surface area contributed by atoms with Gasteiger partial charge in [-0.3, -0.25) is 4.57 Å². The predicted octanol–water partition coefficient (Wildman–Crippen LogP) is 6.10. The zero-order chi connectivity index (χ0) is 25.2. The Morgan fingerprint density at radius 2 is 1.59 bits per heavy atom. The second-order valence-corrected chi connectivity index (χ2v) is 9.36. The normalized spacial score (nSPS) is 14.5. The SMILES string of the molecule is Cc1nnc2n1-c1ccccc1C(c1ccc(Cl)cc1)=C[C@H]2Cc1nnc(COCc2ccccc2)o1. The predicted molar refractivity (Wildman–Crippen MR) is 140 cm³/mol. The lowest BCUT2D eigenvalue weighted by molar-refractivity contribution is 0.0886. The molecule has 0 aliphatic carbocycles. The molecule has 0 saturated heterocycles. The van der Waals surface area contributed by atoms with Gasteiger partial charge < -0.3 is 9.15 Å². The molecule has 3 heterocycles. The van der Waals surface area contributed by atoms with Gasteiger partial charge in [0.25, 0.3) is 0 Å². The highest BCUT2D eigenvalue weighted by Gasteiger charge is 2.28. The summed E-state index contributed by atoms with van der Waals surface area (Å²) in [6.45, 7) is 2.70. The number of ether oxygens (including phenoxy) is 1. The van der Waals surface area contributed by atoms with E-state index in [4.69, 9.17) is 20.8 Å². The fraction of sp³-hybridized carbons (Fsp3) is 0.172. The lowest BCUT2D eigenvalue weighted by Crippen LogP contribution is -2.09. The first-order valence-corrected chi connectivity index (χ1v) is 12.5. The average Bonchev–Trinajstić information content (AvgIpc) is 3.50. The van der Waals surface area contributed by atoms with Gasteiger partial charge in [0.15, 0.2) is 0 Å². The van der Waals surface area contributed by atoms with Crippen LogP contribution in [0.4, 0.5) is 0 Å². The number of allylic oxidation sites excluding steroid dienone is 1. The Labute approximate surface area is 219 Å². The van der Waals surface area contributed by atoms with Gasteiger partial charge in [0, 0.05) is 22.9 Å². The molecule has 8 heteroatoms. The summed E-state index contributed by atoms with van der Waals surface area (Å²) in [6, 6.07) is 26.2. The smallest absolute Gasteiger partial charge is 0.242 e. The van der Waals surface area contributed by atoms with Crippen molar-refractivity contribution in [2.75, 3.05) is 0 Å². The van der Waals surface area contributed by atoms with Crippen LogP contribution in [-0.4, -0.2) is 25.0 Å². The Balaban J connectivity index is 1.31.